The van der Waals surface area contributed by atoms with Crippen molar-refractivity contribution in [3.63, 3.8) is 0 Å². The molecule has 2 amide bonds. The van der Waals surface area contributed by atoms with Gasteiger partial charge in [0.25, 0.3) is 5.91 Å². The van der Waals surface area contributed by atoms with Crippen molar-refractivity contribution < 1.29 is 9.59 Å². The second-order valence-electron chi connectivity index (χ2n) is 7.13. The summed E-state index contributed by atoms with van der Waals surface area (Å²) in [5.41, 5.74) is 5.25. The second-order valence-corrected chi connectivity index (χ2v) is 7.13. The molecule has 0 unspecified atom stereocenters. The van der Waals surface area contributed by atoms with E-state index in [2.05, 4.69) is 16.7 Å². The number of nitrogens with zero attached hydrogens (tertiary/aromatic N) is 1. The third kappa shape index (κ3) is 4.14. The number of anilines is 3. The number of hydrogen-bond donors (Lipinski definition) is 2. The summed E-state index contributed by atoms with van der Waals surface area (Å²) in [5, 5.41) is 6.09. The van der Waals surface area contributed by atoms with Gasteiger partial charge in [0.15, 0.2) is 0 Å². The van der Waals surface area contributed by atoms with E-state index < -0.39 is 0 Å². The van der Waals surface area contributed by atoms with Gasteiger partial charge in [-0.2, -0.15) is 0 Å². The Morgan fingerprint density at radius 3 is 2.55 bits per heavy atom. The molecule has 0 spiro atoms. The van der Waals surface area contributed by atoms with E-state index in [1.165, 1.54) is 5.56 Å². The number of hydrogen-bond acceptors (Lipinski definition) is 3. The van der Waals surface area contributed by atoms with Crippen LogP contribution in [0.1, 0.15) is 21.5 Å². The molecule has 0 atom stereocenters. The van der Waals surface area contributed by atoms with E-state index in [9.17, 15) is 9.59 Å². The lowest BCUT2D eigenvalue weighted by Gasteiger charge is -2.19. The van der Waals surface area contributed by atoms with Crippen LogP contribution in [-0.2, 0) is 11.2 Å². The van der Waals surface area contributed by atoms with Gasteiger partial charge in [-0.1, -0.05) is 42.5 Å². The van der Waals surface area contributed by atoms with Crippen LogP contribution in [0.2, 0.25) is 0 Å². The summed E-state index contributed by atoms with van der Waals surface area (Å²) in [6.45, 7) is 2.84. The van der Waals surface area contributed by atoms with Gasteiger partial charge in [0, 0.05) is 29.2 Å². The van der Waals surface area contributed by atoms with E-state index in [4.69, 9.17) is 0 Å². The van der Waals surface area contributed by atoms with Gasteiger partial charge in [-0.3, -0.25) is 9.59 Å². The van der Waals surface area contributed by atoms with Gasteiger partial charge in [-0.05, 0) is 54.8 Å². The van der Waals surface area contributed by atoms with Gasteiger partial charge >= 0.3 is 0 Å². The van der Waals surface area contributed by atoms with Crippen LogP contribution in [0.5, 0.6) is 0 Å². The Labute approximate surface area is 170 Å². The second kappa shape index (κ2) is 8.19. The highest BCUT2D eigenvalue weighted by Gasteiger charge is 2.23. The topological polar surface area (TPSA) is 61.4 Å². The molecular formula is C24H23N3O2. The van der Waals surface area contributed by atoms with Crippen molar-refractivity contribution in [3.05, 3.63) is 89.5 Å². The summed E-state index contributed by atoms with van der Waals surface area (Å²) in [6.07, 6.45) is 0.885. The van der Waals surface area contributed by atoms with E-state index in [-0.39, 0.29) is 18.4 Å². The fourth-order valence-electron chi connectivity index (χ4n) is 3.54. The number of nitrogens with one attached hydrogen (secondary N) is 2. The normalized spacial score (nSPS) is 12.4. The number of amides is 2. The van der Waals surface area contributed by atoms with Crippen molar-refractivity contribution in [1.29, 1.82) is 0 Å². The van der Waals surface area contributed by atoms with Gasteiger partial charge in [-0.15, -0.1) is 0 Å². The van der Waals surface area contributed by atoms with Gasteiger partial charge in [0.1, 0.15) is 0 Å². The van der Waals surface area contributed by atoms with E-state index in [0.717, 1.165) is 29.0 Å². The molecular weight excluding hydrogens is 362 g/mol. The first-order chi connectivity index (χ1) is 14.1. The number of carbonyl (C=O) groups excluding carboxylic acids is 2. The molecule has 1 heterocycles. The summed E-state index contributed by atoms with van der Waals surface area (Å²) >= 11 is 0. The standard InChI is InChI=1S/C24H23N3O2/c1-17-11-12-19(24(29)26-20-8-3-2-4-9-20)15-21(17)25-16-23(28)27-14-13-18-7-5-6-10-22(18)27/h2-12,15,25H,13-14,16H2,1H3,(H,26,29). The van der Waals surface area contributed by atoms with Crippen LogP contribution < -0.4 is 15.5 Å². The van der Waals surface area contributed by atoms with Crippen molar-refractivity contribution in [2.75, 3.05) is 28.6 Å². The smallest absolute Gasteiger partial charge is 0.255 e. The zero-order chi connectivity index (χ0) is 20.2. The predicted molar refractivity (Wildman–Crippen MR) is 117 cm³/mol. The molecule has 4 rings (SSSR count). The average molecular weight is 385 g/mol. The van der Waals surface area contributed by atoms with Crippen molar-refractivity contribution in [1.82, 2.24) is 0 Å². The molecule has 0 fully saturated rings. The molecule has 29 heavy (non-hydrogen) atoms. The van der Waals surface area contributed by atoms with E-state index in [1.54, 1.807) is 12.1 Å². The molecule has 5 heteroatoms. The minimum atomic E-state index is -0.181. The Balaban J connectivity index is 1.43. The highest BCUT2D eigenvalue weighted by molar-refractivity contribution is 6.05. The largest absolute Gasteiger partial charge is 0.376 e. The predicted octanol–water partition coefficient (Wildman–Crippen LogP) is 4.25. The fourth-order valence-corrected chi connectivity index (χ4v) is 3.54. The summed E-state index contributed by atoms with van der Waals surface area (Å²) in [6, 6.07) is 22.8. The first kappa shape index (κ1) is 18.7. The van der Waals surface area contributed by atoms with Crippen LogP contribution in [-0.4, -0.2) is 24.9 Å². The van der Waals surface area contributed by atoms with Gasteiger partial charge in [0.2, 0.25) is 5.91 Å². The molecule has 3 aromatic carbocycles. The molecule has 0 radical (unpaired) electrons. The first-order valence-electron chi connectivity index (χ1n) is 9.71. The molecule has 0 bridgehead atoms. The number of benzene rings is 3. The zero-order valence-corrected chi connectivity index (χ0v) is 16.3. The number of fused-ring (bicyclic) bond motifs is 1. The number of rotatable bonds is 5. The summed E-state index contributed by atoms with van der Waals surface area (Å²) in [4.78, 5) is 27.1. The van der Waals surface area contributed by atoms with Crippen molar-refractivity contribution in [2.45, 2.75) is 13.3 Å². The summed E-state index contributed by atoms with van der Waals surface area (Å²) < 4.78 is 0. The Bertz CT molecular complexity index is 1050. The lowest BCUT2D eigenvalue weighted by atomic mass is 10.1. The molecule has 5 nitrogen and oxygen atoms in total. The SMILES string of the molecule is Cc1ccc(C(=O)Nc2ccccc2)cc1NCC(=O)N1CCc2ccccc21. The van der Waals surface area contributed by atoms with Crippen molar-refractivity contribution >= 4 is 28.9 Å². The average Bonchev–Trinajstić information content (AvgIpc) is 3.18. The molecule has 0 saturated carbocycles. The van der Waals surface area contributed by atoms with E-state index in [0.29, 0.717) is 12.1 Å². The monoisotopic (exact) mass is 385 g/mol. The van der Waals surface area contributed by atoms with Crippen LogP contribution in [0, 0.1) is 6.92 Å². The van der Waals surface area contributed by atoms with E-state index in [1.807, 2.05) is 66.4 Å². The van der Waals surface area contributed by atoms with Gasteiger partial charge < -0.3 is 15.5 Å². The highest BCUT2D eigenvalue weighted by Crippen LogP contribution is 2.27. The molecule has 0 aromatic heterocycles. The Morgan fingerprint density at radius 1 is 0.966 bits per heavy atom. The highest BCUT2D eigenvalue weighted by atomic mass is 16.2. The Morgan fingerprint density at radius 2 is 1.72 bits per heavy atom. The maximum absolute atomic E-state index is 12.7. The minimum absolute atomic E-state index is 0.0218. The zero-order valence-electron chi connectivity index (χ0n) is 16.3. The minimum Gasteiger partial charge on any atom is -0.376 e. The maximum atomic E-state index is 12.7. The van der Waals surface area contributed by atoms with Crippen LogP contribution in [0.15, 0.2) is 72.8 Å². The maximum Gasteiger partial charge on any atom is 0.255 e. The van der Waals surface area contributed by atoms with E-state index >= 15 is 0 Å². The summed E-state index contributed by atoms with van der Waals surface area (Å²) in [5.74, 6) is -0.160. The van der Waals surface area contributed by atoms with Gasteiger partial charge in [-0.25, -0.2) is 0 Å². The Kier molecular flexibility index (Phi) is 5.29. The van der Waals surface area contributed by atoms with Gasteiger partial charge in [0.05, 0.1) is 6.54 Å². The molecule has 3 aromatic rings. The molecule has 1 aliphatic rings. The summed E-state index contributed by atoms with van der Waals surface area (Å²) in [7, 11) is 0. The molecule has 146 valence electrons. The lowest BCUT2D eigenvalue weighted by molar-refractivity contribution is -0.116. The van der Waals surface area contributed by atoms with Crippen molar-refractivity contribution in [3.8, 4) is 0 Å². The Hall–Kier alpha value is -3.60. The molecule has 1 aliphatic heterocycles. The van der Waals surface area contributed by atoms with Crippen LogP contribution >= 0.6 is 0 Å². The van der Waals surface area contributed by atoms with Crippen LogP contribution in [0.3, 0.4) is 0 Å². The number of carbonyl (C=O) groups is 2. The molecule has 0 saturated heterocycles. The number of para-hydroxylation sites is 2. The first-order valence-corrected chi connectivity index (χ1v) is 9.71. The third-order valence-corrected chi connectivity index (χ3v) is 5.15. The molecule has 0 aliphatic carbocycles. The third-order valence-electron chi connectivity index (χ3n) is 5.15. The molecule has 2 N–H and O–H groups in total. The van der Waals surface area contributed by atoms with Crippen molar-refractivity contribution in [2.24, 2.45) is 0 Å². The quantitative estimate of drug-likeness (QED) is 0.690. The fraction of sp³-hybridized carbons (Fsp3) is 0.167. The van der Waals surface area contributed by atoms with Crippen LogP contribution in [0.4, 0.5) is 17.1 Å². The number of aryl methyl sites for hydroxylation is 1. The van der Waals surface area contributed by atoms with Crippen LogP contribution in [0.25, 0.3) is 0 Å². The lowest BCUT2D eigenvalue weighted by Crippen LogP contribution is -2.34.